The molecule has 4 aromatic carbocycles. The van der Waals surface area contributed by atoms with Gasteiger partial charge in [0.1, 0.15) is 12.3 Å². The number of rotatable bonds is 12. The molecule has 0 spiro atoms. The Morgan fingerprint density at radius 1 is 0.929 bits per heavy atom. The molecule has 10 nitrogen and oxygen atoms in total. The number of nitrogens with zero attached hydrogens (tertiary/aromatic N) is 1. The van der Waals surface area contributed by atoms with Crippen LogP contribution in [0, 0.1) is 0 Å². The van der Waals surface area contributed by atoms with Crippen molar-refractivity contribution in [2.24, 2.45) is 0 Å². The lowest BCUT2D eigenvalue weighted by molar-refractivity contribution is -0.114. The number of ether oxygens (including phenoxy) is 3. The molecule has 1 heterocycles. The second-order valence-corrected chi connectivity index (χ2v) is 9.38. The number of aliphatic hydroxyl groups excluding tert-OH is 1. The van der Waals surface area contributed by atoms with E-state index in [2.05, 4.69) is 10.3 Å². The van der Waals surface area contributed by atoms with Crippen LogP contribution in [-0.4, -0.2) is 50.3 Å². The number of hydroxylamine groups is 1. The molecule has 0 bridgehead atoms. The molecule has 42 heavy (non-hydrogen) atoms. The molecule has 0 unspecified atom stereocenters. The van der Waals surface area contributed by atoms with Crippen molar-refractivity contribution in [3.8, 4) is 17.2 Å². The number of carbonyl (C=O) groups excluding carboxylic acids is 2. The minimum Gasteiger partial charge on any atom is -0.493 e. The molecular formula is C32H31N3O7. The maximum absolute atomic E-state index is 13.6. The number of fused-ring (bicyclic) bond motifs is 2. The van der Waals surface area contributed by atoms with Crippen LogP contribution in [0.3, 0.4) is 0 Å². The molecule has 0 saturated heterocycles. The normalized spacial score (nSPS) is 11.0. The molecule has 3 N–H and O–H groups in total. The number of methoxy groups -OCH3 is 3. The van der Waals surface area contributed by atoms with E-state index in [0.717, 1.165) is 27.0 Å². The summed E-state index contributed by atoms with van der Waals surface area (Å²) < 4.78 is 16.5. The quantitative estimate of drug-likeness (QED) is 0.139. The van der Waals surface area contributed by atoms with Gasteiger partial charge < -0.3 is 29.6 Å². The number of hydrogen-bond donors (Lipinski definition) is 3. The number of aromatic amines is 1. The third kappa shape index (κ3) is 5.45. The number of amides is 2. The van der Waals surface area contributed by atoms with Crippen LogP contribution in [0.15, 0.2) is 72.8 Å². The maximum Gasteiger partial charge on any atom is 0.272 e. The first-order valence-electron chi connectivity index (χ1n) is 13.2. The van der Waals surface area contributed by atoms with Gasteiger partial charge in [-0.05, 0) is 41.1 Å². The molecule has 0 aliphatic rings. The Morgan fingerprint density at radius 2 is 1.64 bits per heavy atom. The third-order valence-corrected chi connectivity index (χ3v) is 6.96. The lowest BCUT2D eigenvalue weighted by atomic mass is 9.98. The van der Waals surface area contributed by atoms with E-state index in [4.69, 9.17) is 19.0 Å². The van der Waals surface area contributed by atoms with E-state index in [1.807, 2.05) is 54.6 Å². The summed E-state index contributed by atoms with van der Waals surface area (Å²) >= 11 is 0. The van der Waals surface area contributed by atoms with Gasteiger partial charge in [0, 0.05) is 23.1 Å². The zero-order valence-electron chi connectivity index (χ0n) is 23.5. The maximum atomic E-state index is 13.6. The van der Waals surface area contributed by atoms with E-state index in [9.17, 15) is 14.7 Å². The SMILES string of the molecule is COc1cc2cc(C(=O)Nc3cc(N(C=O)OCc4ccccc4)c4ccccc4c3CCO)[nH]c2c(OC)c1OC. The van der Waals surface area contributed by atoms with Crippen LogP contribution in [0.5, 0.6) is 17.2 Å². The van der Waals surface area contributed by atoms with E-state index in [1.54, 1.807) is 18.2 Å². The lowest BCUT2D eigenvalue weighted by Gasteiger charge is -2.22. The number of aliphatic hydroxyl groups is 1. The number of anilines is 2. The number of H-pyrrole nitrogens is 1. The minimum atomic E-state index is -0.436. The van der Waals surface area contributed by atoms with Gasteiger partial charge in [0.15, 0.2) is 11.5 Å². The molecule has 2 amide bonds. The van der Waals surface area contributed by atoms with Crippen molar-refractivity contribution in [3.63, 3.8) is 0 Å². The molecule has 5 aromatic rings. The highest BCUT2D eigenvalue weighted by Gasteiger charge is 2.22. The van der Waals surface area contributed by atoms with Crippen LogP contribution in [0.4, 0.5) is 11.4 Å². The van der Waals surface area contributed by atoms with Gasteiger partial charge in [-0.3, -0.25) is 14.4 Å². The zero-order valence-corrected chi connectivity index (χ0v) is 23.5. The van der Waals surface area contributed by atoms with Crippen LogP contribution < -0.4 is 24.6 Å². The van der Waals surface area contributed by atoms with Crippen LogP contribution >= 0.6 is 0 Å². The van der Waals surface area contributed by atoms with Crippen LogP contribution in [0.2, 0.25) is 0 Å². The molecule has 0 saturated carbocycles. The first-order valence-corrected chi connectivity index (χ1v) is 13.2. The Hall–Kier alpha value is -5.06. The number of carbonyl (C=O) groups is 2. The van der Waals surface area contributed by atoms with Crippen LogP contribution in [-0.2, 0) is 22.7 Å². The second kappa shape index (κ2) is 12.6. The van der Waals surface area contributed by atoms with Crippen molar-refractivity contribution in [2.75, 3.05) is 38.3 Å². The highest BCUT2D eigenvalue weighted by Crippen LogP contribution is 2.43. The molecule has 10 heteroatoms. The van der Waals surface area contributed by atoms with Gasteiger partial charge in [0.25, 0.3) is 5.91 Å². The molecule has 216 valence electrons. The van der Waals surface area contributed by atoms with E-state index in [-0.39, 0.29) is 25.3 Å². The Labute approximate surface area is 242 Å². The second-order valence-electron chi connectivity index (χ2n) is 9.38. The Balaban J connectivity index is 1.56. The largest absolute Gasteiger partial charge is 0.493 e. The average molecular weight is 570 g/mol. The van der Waals surface area contributed by atoms with Crippen molar-refractivity contribution in [2.45, 2.75) is 13.0 Å². The highest BCUT2D eigenvalue weighted by molar-refractivity contribution is 6.10. The van der Waals surface area contributed by atoms with E-state index in [1.165, 1.54) is 21.3 Å². The molecule has 0 atom stereocenters. The Morgan fingerprint density at radius 3 is 2.31 bits per heavy atom. The molecule has 0 fully saturated rings. The van der Waals surface area contributed by atoms with Gasteiger partial charge in [0.05, 0.1) is 32.5 Å². The van der Waals surface area contributed by atoms with Crippen LogP contribution in [0.1, 0.15) is 21.6 Å². The lowest BCUT2D eigenvalue weighted by Crippen LogP contribution is -2.22. The predicted octanol–water partition coefficient (Wildman–Crippen LogP) is 5.23. The fourth-order valence-corrected chi connectivity index (χ4v) is 5.02. The van der Waals surface area contributed by atoms with Crippen molar-refractivity contribution >= 4 is 45.4 Å². The summed E-state index contributed by atoms with van der Waals surface area (Å²) in [7, 11) is 4.54. The Kier molecular flexibility index (Phi) is 8.56. The summed E-state index contributed by atoms with van der Waals surface area (Å²) in [5.41, 5.74) is 3.31. The van der Waals surface area contributed by atoms with Gasteiger partial charge >= 0.3 is 0 Å². The van der Waals surface area contributed by atoms with E-state index < -0.39 is 5.91 Å². The van der Waals surface area contributed by atoms with Crippen molar-refractivity contribution in [1.82, 2.24) is 4.98 Å². The molecule has 5 rings (SSSR count). The summed E-state index contributed by atoms with van der Waals surface area (Å²) in [6.45, 7) is 0.0229. The van der Waals surface area contributed by atoms with E-state index >= 15 is 0 Å². The number of hydrogen-bond acceptors (Lipinski definition) is 7. The third-order valence-electron chi connectivity index (χ3n) is 6.96. The molecule has 0 radical (unpaired) electrons. The van der Waals surface area contributed by atoms with E-state index in [0.29, 0.717) is 45.9 Å². The number of aromatic nitrogens is 1. The first-order chi connectivity index (χ1) is 20.5. The fraction of sp³-hybridized carbons (Fsp3) is 0.188. The summed E-state index contributed by atoms with van der Waals surface area (Å²) in [5.74, 6) is 0.823. The average Bonchev–Trinajstić information content (AvgIpc) is 3.46. The topological polar surface area (TPSA) is 122 Å². The van der Waals surface area contributed by atoms with Crippen molar-refractivity contribution < 1.29 is 33.7 Å². The standard InChI is InChI=1S/C32H31N3O7/c1-39-28-16-21-15-26(33-29(21)31(41-3)30(28)40-2)32(38)34-25-17-27(24-12-8-7-11-22(24)23(25)13-14-36)35(19-37)42-18-20-9-5-4-6-10-20/h4-12,15-17,19,33,36H,13-14,18H2,1-3H3,(H,34,38). The smallest absolute Gasteiger partial charge is 0.272 e. The summed E-state index contributed by atoms with van der Waals surface area (Å²) in [4.78, 5) is 34.9. The molecule has 0 aliphatic carbocycles. The van der Waals surface area contributed by atoms with Gasteiger partial charge in [-0.2, -0.15) is 5.06 Å². The van der Waals surface area contributed by atoms with Gasteiger partial charge in [-0.25, -0.2) is 0 Å². The molecule has 1 aromatic heterocycles. The van der Waals surface area contributed by atoms with Gasteiger partial charge in [-0.15, -0.1) is 0 Å². The molecular weight excluding hydrogens is 538 g/mol. The summed E-state index contributed by atoms with van der Waals surface area (Å²) in [5, 5.41) is 16.2. The highest BCUT2D eigenvalue weighted by atomic mass is 16.7. The summed E-state index contributed by atoms with van der Waals surface area (Å²) in [6.07, 6.45) is 0.865. The number of nitrogens with one attached hydrogen (secondary N) is 2. The molecule has 0 aliphatic heterocycles. The predicted molar refractivity (Wildman–Crippen MR) is 160 cm³/mol. The number of benzene rings is 4. The minimum absolute atomic E-state index is 0.142. The zero-order chi connectivity index (χ0) is 29.6. The fourth-order valence-electron chi connectivity index (χ4n) is 5.02. The van der Waals surface area contributed by atoms with Crippen molar-refractivity contribution in [3.05, 3.63) is 89.6 Å². The first kappa shape index (κ1) is 28.5. The Bertz CT molecular complexity index is 1730. The summed E-state index contributed by atoms with van der Waals surface area (Å²) in [6, 6.07) is 22.1. The van der Waals surface area contributed by atoms with Gasteiger partial charge in [0.2, 0.25) is 12.2 Å². The van der Waals surface area contributed by atoms with Gasteiger partial charge in [-0.1, -0.05) is 54.6 Å². The van der Waals surface area contributed by atoms with Crippen LogP contribution in [0.25, 0.3) is 21.7 Å². The van der Waals surface area contributed by atoms with Crippen molar-refractivity contribution in [1.29, 1.82) is 0 Å². The monoisotopic (exact) mass is 569 g/mol.